The summed E-state index contributed by atoms with van der Waals surface area (Å²) in [5.74, 6) is -0.476. The van der Waals surface area contributed by atoms with E-state index in [1.54, 1.807) is 19.1 Å². The summed E-state index contributed by atoms with van der Waals surface area (Å²) in [4.78, 5) is 24.5. The number of hydrogen-bond donors (Lipinski definition) is 1. The second-order valence-corrected chi connectivity index (χ2v) is 5.55. The van der Waals surface area contributed by atoms with E-state index >= 15 is 0 Å². The van der Waals surface area contributed by atoms with Gasteiger partial charge < -0.3 is 0 Å². The maximum atomic E-state index is 11.7. The number of urea groups is 1. The molecule has 1 atom stereocenters. The minimum atomic E-state index is -0.420. The number of benzene rings is 1. The van der Waals surface area contributed by atoms with Crippen LogP contribution in [0.2, 0.25) is 5.02 Å². The number of nitrogens with one attached hydrogen (secondary N) is 1. The zero-order valence-electron chi connectivity index (χ0n) is 9.04. The number of amides is 3. The number of nitrogens with zero attached hydrogens (tertiary/aromatic N) is 1. The average Bonchev–Trinajstić information content (AvgIpc) is 2.24. The van der Waals surface area contributed by atoms with Crippen LogP contribution in [0.5, 0.6) is 0 Å². The molecule has 1 N–H and O–H groups in total. The van der Waals surface area contributed by atoms with Gasteiger partial charge in [0, 0.05) is 10.1 Å². The molecule has 0 radical (unpaired) electrons. The van der Waals surface area contributed by atoms with Gasteiger partial charge in [0.1, 0.15) is 0 Å². The summed E-state index contributed by atoms with van der Waals surface area (Å²) in [6.07, 6.45) is 0. The summed E-state index contributed by atoms with van der Waals surface area (Å²) in [6, 6.07) is 5.02. The fraction of sp³-hybridized carbons (Fsp3) is 0.273. The smallest absolute Gasteiger partial charge is 0.292 e. The van der Waals surface area contributed by atoms with Crippen molar-refractivity contribution in [2.45, 2.75) is 6.92 Å². The highest BCUT2D eigenvalue weighted by Gasteiger charge is 2.30. The van der Waals surface area contributed by atoms with Gasteiger partial charge in [0.2, 0.25) is 5.91 Å². The second-order valence-electron chi connectivity index (χ2n) is 3.90. The lowest BCUT2D eigenvalue weighted by Gasteiger charge is -2.30. The van der Waals surface area contributed by atoms with Crippen molar-refractivity contribution in [2.24, 2.45) is 5.92 Å². The van der Waals surface area contributed by atoms with Gasteiger partial charge in [0.05, 0.1) is 16.6 Å². The molecule has 1 aliphatic heterocycles. The zero-order valence-corrected chi connectivity index (χ0v) is 11.9. The van der Waals surface area contributed by atoms with Crippen LogP contribution in [0.15, 0.2) is 18.2 Å². The van der Waals surface area contributed by atoms with Gasteiger partial charge in [-0.25, -0.2) is 4.79 Å². The molecule has 3 amide bonds. The first-order valence-corrected chi connectivity index (χ1v) is 6.52. The first kappa shape index (κ1) is 12.6. The minimum Gasteiger partial charge on any atom is -0.292 e. The third-order valence-corrected chi connectivity index (χ3v) is 3.55. The Bertz CT molecular complexity index is 492. The molecule has 17 heavy (non-hydrogen) atoms. The molecule has 90 valence electrons. The lowest BCUT2D eigenvalue weighted by molar-refractivity contribution is -0.123. The third-order valence-electron chi connectivity index (χ3n) is 2.58. The van der Waals surface area contributed by atoms with Crippen molar-refractivity contribution < 1.29 is 9.59 Å². The Morgan fingerprint density at radius 3 is 2.82 bits per heavy atom. The van der Waals surface area contributed by atoms with Crippen molar-refractivity contribution in [3.8, 4) is 0 Å². The molecule has 0 saturated carbocycles. The summed E-state index contributed by atoms with van der Waals surface area (Å²) in [6.45, 7) is 2.13. The summed E-state index contributed by atoms with van der Waals surface area (Å²) in [5, 5.41) is 2.81. The highest BCUT2D eigenvalue weighted by Crippen LogP contribution is 2.29. The molecule has 1 unspecified atom stereocenters. The summed E-state index contributed by atoms with van der Waals surface area (Å²) in [5.41, 5.74) is 0.629. The van der Waals surface area contributed by atoms with Crippen molar-refractivity contribution >= 4 is 51.8 Å². The van der Waals surface area contributed by atoms with Crippen molar-refractivity contribution in [1.82, 2.24) is 5.32 Å². The standard InChI is InChI=1S/C11H10ClIN2O2/c1-6-5-15(11(17)14-10(6)16)9-3-2-7(13)4-8(9)12/h2-4,6H,5H2,1H3,(H,14,16,17). The van der Waals surface area contributed by atoms with Crippen molar-refractivity contribution in [3.63, 3.8) is 0 Å². The largest absolute Gasteiger partial charge is 0.328 e. The van der Waals surface area contributed by atoms with Gasteiger partial charge in [-0.3, -0.25) is 15.0 Å². The summed E-state index contributed by atoms with van der Waals surface area (Å²) >= 11 is 8.25. The molecule has 0 aliphatic carbocycles. The highest BCUT2D eigenvalue weighted by atomic mass is 127. The van der Waals surface area contributed by atoms with E-state index in [1.165, 1.54) is 4.90 Å². The van der Waals surface area contributed by atoms with Crippen LogP contribution < -0.4 is 10.2 Å². The Kier molecular flexibility index (Phi) is 3.58. The molecule has 0 spiro atoms. The van der Waals surface area contributed by atoms with Crippen LogP contribution in [0.3, 0.4) is 0 Å². The van der Waals surface area contributed by atoms with E-state index < -0.39 is 6.03 Å². The van der Waals surface area contributed by atoms with Crippen LogP contribution in [0.4, 0.5) is 10.5 Å². The predicted octanol–water partition coefficient (Wildman–Crippen LogP) is 2.64. The number of rotatable bonds is 1. The molecule has 1 aromatic rings. The molecular formula is C11H10ClIN2O2. The van der Waals surface area contributed by atoms with E-state index in [-0.39, 0.29) is 11.8 Å². The molecule has 1 heterocycles. The van der Waals surface area contributed by atoms with Crippen LogP contribution in [-0.2, 0) is 4.79 Å². The van der Waals surface area contributed by atoms with Crippen molar-refractivity contribution in [1.29, 1.82) is 0 Å². The van der Waals surface area contributed by atoms with Crippen molar-refractivity contribution in [3.05, 3.63) is 26.8 Å². The Labute approximate surface area is 117 Å². The Morgan fingerprint density at radius 2 is 2.18 bits per heavy atom. The number of carbonyl (C=O) groups excluding carboxylic acids is 2. The quantitative estimate of drug-likeness (QED) is 0.779. The van der Waals surface area contributed by atoms with Gasteiger partial charge in [0.25, 0.3) is 0 Å². The number of imide groups is 1. The van der Waals surface area contributed by atoms with Crippen LogP contribution in [-0.4, -0.2) is 18.5 Å². The topological polar surface area (TPSA) is 49.4 Å². The Balaban J connectivity index is 2.33. The number of halogens is 2. The van der Waals surface area contributed by atoms with E-state index in [1.807, 2.05) is 6.07 Å². The fourth-order valence-corrected chi connectivity index (χ4v) is 2.60. The van der Waals surface area contributed by atoms with Gasteiger partial charge in [-0.15, -0.1) is 0 Å². The molecule has 0 aromatic heterocycles. The van der Waals surface area contributed by atoms with E-state index in [4.69, 9.17) is 11.6 Å². The lowest BCUT2D eigenvalue weighted by atomic mass is 10.1. The van der Waals surface area contributed by atoms with E-state index in [0.29, 0.717) is 17.3 Å². The first-order valence-electron chi connectivity index (χ1n) is 5.06. The third kappa shape index (κ3) is 2.55. The number of carbonyl (C=O) groups is 2. The Morgan fingerprint density at radius 1 is 1.47 bits per heavy atom. The lowest BCUT2D eigenvalue weighted by Crippen LogP contribution is -2.54. The van der Waals surface area contributed by atoms with Crippen molar-refractivity contribution in [2.75, 3.05) is 11.4 Å². The molecule has 1 aromatic carbocycles. The maximum absolute atomic E-state index is 11.7. The second kappa shape index (κ2) is 4.81. The highest BCUT2D eigenvalue weighted by molar-refractivity contribution is 14.1. The monoisotopic (exact) mass is 364 g/mol. The van der Waals surface area contributed by atoms with Gasteiger partial charge in [-0.05, 0) is 40.8 Å². The molecule has 1 fully saturated rings. The SMILES string of the molecule is CC1CN(c2ccc(I)cc2Cl)C(=O)NC1=O. The Hall–Kier alpha value is -0.820. The van der Waals surface area contributed by atoms with E-state index in [9.17, 15) is 9.59 Å². The van der Waals surface area contributed by atoms with E-state index in [2.05, 4.69) is 27.9 Å². The first-order chi connectivity index (χ1) is 7.99. The van der Waals surface area contributed by atoms with Crippen LogP contribution in [0, 0.1) is 9.49 Å². The molecular weight excluding hydrogens is 354 g/mol. The maximum Gasteiger partial charge on any atom is 0.328 e. The summed E-state index contributed by atoms with van der Waals surface area (Å²) in [7, 11) is 0. The zero-order chi connectivity index (χ0) is 12.6. The average molecular weight is 365 g/mol. The van der Waals surface area contributed by atoms with Crippen LogP contribution >= 0.6 is 34.2 Å². The van der Waals surface area contributed by atoms with E-state index in [0.717, 1.165) is 3.57 Å². The fourth-order valence-electron chi connectivity index (χ4n) is 1.64. The number of hydrogen-bond acceptors (Lipinski definition) is 2. The summed E-state index contributed by atoms with van der Waals surface area (Å²) < 4.78 is 0.998. The molecule has 0 bridgehead atoms. The van der Waals surface area contributed by atoms with Gasteiger partial charge in [-0.1, -0.05) is 18.5 Å². The molecule has 4 nitrogen and oxygen atoms in total. The normalized spacial score (nSPS) is 20.4. The van der Waals surface area contributed by atoms with Gasteiger partial charge in [-0.2, -0.15) is 0 Å². The predicted molar refractivity (Wildman–Crippen MR) is 74.2 cm³/mol. The van der Waals surface area contributed by atoms with Gasteiger partial charge in [0.15, 0.2) is 0 Å². The minimum absolute atomic E-state index is 0.233. The number of anilines is 1. The molecule has 1 saturated heterocycles. The van der Waals surface area contributed by atoms with Crippen LogP contribution in [0.1, 0.15) is 6.92 Å². The molecule has 6 heteroatoms. The molecule has 2 rings (SSSR count). The van der Waals surface area contributed by atoms with Gasteiger partial charge >= 0.3 is 6.03 Å². The molecule has 1 aliphatic rings. The van der Waals surface area contributed by atoms with Crippen LogP contribution in [0.25, 0.3) is 0 Å².